The van der Waals surface area contributed by atoms with Gasteiger partial charge in [-0.15, -0.1) is 0 Å². The molecule has 2 aromatic heterocycles. The molecule has 2 heterocycles. The summed E-state index contributed by atoms with van der Waals surface area (Å²) in [6.07, 6.45) is -2.78. The number of alkyl halides is 3. The fourth-order valence-electron chi connectivity index (χ4n) is 2.30. The number of nitrogens with zero attached hydrogens (tertiary/aromatic N) is 2. The predicted molar refractivity (Wildman–Crippen MR) is 89.5 cm³/mol. The molecule has 0 fully saturated rings. The molecular weight excluding hydrogens is 335 g/mol. The highest BCUT2D eigenvalue weighted by Gasteiger charge is 2.32. The van der Waals surface area contributed by atoms with Crippen LogP contribution in [0.4, 0.5) is 13.2 Å². The maximum absolute atomic E-state index is 13.0. The summed E-state index contributed by atoms with van der Waals surface area (Å²) in [5, 5.41) is 3.70. The van der Waals surface area contributed by atoms with Crippen LogP contribution in [0.3, 0.4) is 0 Å². The lowest BCUT2D eigenvalue weighted by Gasteiger charge is -2.14. The van der Waals surface area contributed by atoms with Crippen LogP contribution in [0.15, 0.2) is 54.7 Å². The molecule has 0 radical (unpaired) electrons. The summed E-state index contributed by atoms with van der Waals surface area (Å²) in [4.78, 5) is 8.74. The number of pyridine rings is 2. The van der Waals surface area contributed by atoms with Crippen molar-refractivity contribution >= 4 is 28.2 Å². The van der Waals surface area contributed by atoms with E-state index in [4.69, 9.17) is 12.2 Å². The van der Waals surface area contributed by atoms with Crippen molar-refractivity contribution in [2.75, 3.05) is 0 Å². The van der Waals surface area contributed by atoms with Crippen molar-refractivity contribution in [3.63, 3.8) is 0 Å². The number of rotatable bonds is 3. The summed E-state index contributed by atoms with van der Waals surface area (Å²) >= 11 is 5.24. The van der Waals surface area contributed by atoms with Gasteiger partial charge in [0.15, 0.2) is 5.65 Å². The Morgan fingerprint density at radius 1 is 1.04 bits per heavy atom. The highest BCUT2D eigenvalue weighted by molar-refractivity contribution is 7.80. The van der Waals surface area contributed by atoms with Crippen molar-refractivity contribution in [3.05, 3.63) is 71.5 Å². The lowest BCUT2D eigenvalue weighted by molar-refractivity contribution is -0.138. The molecule has 0 amide bonds. The predicted octanol–water partition coefficient (Wildman–Crippen LogP) is 4.11. The molecule has 0 saturated carbocycles. The molecular formula is C17H12F3N3S. The fourth-order valence-corrected chi connectivity index (χ4v) is 2.48. The molecule has 3 aromatic rings. The van der Waals surface area contributed by atoms with E-state index >= 15 is 0 Å². The molecule has 0 aliphatic rings. The monoisotopic (exact) mass is 347 g/mol. The van der Waals surface area contributed by atoms with Crippen molar-refractivity contribution in [2.45, 2.75) is 12.7 Å². The van der Waals surface area contributed by atoms with Crippen LogP contribution in [-0.4, -0.2) is 15.0 Å². The fraction of sp³-hybridized carbons (Fsp3) is 0.118. The van der Waals surface area contributed by atoms with Crippen molar-refractivity contribution < 1.29 is 13.2 Å². The lowest BCUT2D eigenvalue weighted by Crippen LogP contribution is -2.24. The quantitative estimate of drug-likeness (QED) is 0.724. The molecule has 24 heavy (non-hydrogen) atoms. The summed E-state index contributed by atoms with van der Waals surface area (Å²) in [6, 6.07) is 12.6. The normalized spacial score (nSPS) is 11.5. The zero-order valence-electron chi connectivity index (χ0n) is 12.3. The number of hydrogen-bond acceptors (Lipinski definition) is 3. The van der Waals surface area contributed by atoms with Gasteiger partial charge in [-0.25, -0.2) is 9.97 Å². The first-order valence-corrected chi connectivity index (χ1v) is 7.51. The van der Waals surface area contributed by atoms with Gasteiger partial charge in [-0.3, -0.25) is 0 Å². The third-order valence-corrected chi connectivity index (χ3v) is 3.81. The van der Waals surface area contributed by atoms with Crippen LogP contribution < -0.4 is 5.32 Å². The Bertz CT molecular complexity index is 893. The Morgan fingerprint density at radius 3 is 2.62 bits per heavy atom. The zero-order valence-corrected chi connectivity index (χ0v) is 13.2. The van der Waals surface area contributed by atoms with Crippen LogP contribution in [0.25, 0.3) is 11.0 Å². The summed E-state index contributed by atoms with van der Waals surface area (Å²) in [6.45, 7) is -0.0313. The van der Waals surface area contributed by atoms with Gasteiger partial charge in [-0.05, 0) is 35.9 Å². The van der Waals surface area contributed by atoms with E-state index in [-0.39, 0.29) is 17.1 Å². The lowest BCUT2D eigenvalue weighted by atomic mass is 10.1. The van der Waals surface area contributed by atoms with Crippen LogP contribution in [-0.2, 0) is 12.7 Å². The molecule has 0 unspecified atom stereocenters. The highest BCUT2D eigenvalue weighted by atomic mass is 32.1. The van der Waals surface area contributed by atoms with Gasteiger partial charge in [0.25, 0.3) is 0 Å². The molecule has 0 spiro atoms. The average molecular weight is 347 g/mol. The topological polar surface area (TPSA) is 37.8 Å². The maximum atomic E-state index is 13.0. The molecule has 0 aliphatic heterocycles. The summed E-state index contributed by atoms with van der Waals surface area (Å²) in [5.41, 5.74) is 0.468. The van der Waals surface area contributed by atoms with E-state index in [1.807, 2.05) is 12.1 Å². The van der Waals surface area contributed by atoms with Crippen LogP contribution in [0.5, 0.6) is 0 Å². The number of aromatic nitrogens is 2. The highest BCUT2D eigenvalue weighted by Crippen LogP contribution is 2.31. The van der Waals surface area contributed by atoms with Gasteiger partial charge < -0.3 is 5.32 Å². The van der Waals surface area contributed by atoms with Crippen LogP contribution >= 0.6 is 12.2 Å². The van der Waals surface area contributed by atoms with E-state index in [0.29, 0.717) is 11.3 Å². The first kappa shape index (κ1) is 16.3. The van der Waals surface area contributed by atoms with E-state index in [1.165, 1.54) is 12.1 Å². The Kier molecular flexibility index (Phi) is 4.44. The van der Waals surface area contributed by atoms with E-state index in [9.17, 15) is 13.2 Å². The molecule has 3 rings (SSSR count). The van der Waals surface area contributed by atoms with Crippen LogP contribution in [0, 0.1) is 0 Å². The maximum Gasteiger partial charge on any atom is 0.416 e. The third-order valence-electron chi connectivity index (χ3n) is 3.46. The molecule has 0 bridgehead atoms. The van der Waals surface area contributed by atoms with E-state index in [1.54, 1.807) is 24.4 Å². The number of benzene rings is 1. The minimum Gasteiger partial charge on any atom is -0.370 e. The second kappa shape index (κ2) is 6.52. The molecule has 0 atom stereocenters. The van der Waals surface area contributed by atoms with Gasteiger partial charge in [0.1, 0.15) is 4.99 Å². The largest absolute Gasteiger partial charge is 0.416 e. The Balaban J connectivity index is 1.78. The number of hydrogen-bond donors (Lipinski definition) is 1. The second-order valence-corrected chi connectivity index (χ2v) is 5.49. The van der Waals surface area contributed by atoms with Crippen LogP contribution in [0.2, 0.25) is 0 Å². The third kappa shape index (κ3) is 3.51. The molecule has 122 valence electrons. The minimum atomic E-state index is -4.40. The number of nitrogens with one attached hydrogen (secondary N) is 1. The van der Waals surface area contributed by atoms with Crippen molar-refractivity contribution in [2.24, 2.45) is 0 Å². The number of halogens is 3. The van der Waals surface area contributed by atoms with E-state index < -0.39 is 11.7 Å². The smallest absolute Gasteiger partial charge is 0.370 e. The summed E-state index contributed by atoms with van der Waals surface area (Å²) in [5.74, 6) is 0. The Labute approximate surface area is 141 Å². The van der Waals surface area contributed by atoms with Gasteiger partial charge in [-0.2, -0.15) is 13.2 Å². The standard InChI is InChI=1S/C17H12F3N3S/c18-17(19,20)13-6-2-1-4-12(13)10-22-16(24)14-8-7-11-5-3-9-21-15(11)23-14/h1-9H,10H2,(H,22,24). The average Bonchev–Trinajstić information content (AvgIpc) is 2.58. The Morgan fingerprint density at radius 2 is 1.83 bits per heavy atom. The first-order valence-electron chi connectivity index (χ1n) is 7.10. The SMILES string of the molecule is FC(F)(F)c1ccccc1CNC(=S)c1ccc2cccnc2n1. The van der Waals surface area contributed by atoms with Gasteiger partial charge in [0, 0.05) is 18.1 Å². The van der Waals surface area contributed by atoms with Gasteiger partial charge in [-0.1, -0.05) is 30.4 Å². The van der Waals surface area contributed by atoms with Gasteiger partial charge in [0.2, 0.25) is 0 Å². The van der Waals surface area contributed by atoms with Crippen LogP contribution in [0.1, 0.15) is 16.8 Å². The molecule has 3 nitrogen and oxygen atoms in total. The molecule has 0 saturated heterocycles. The Hall–Kier alpha value is -2.54. The van der Waals surface area contributed by atoms with Crippen molar-refractivity contribution in [1.29, 1.82) is 0 Å². The van der Waals surface area contributed by atoms with E-state index in [0.717, 1.165) is 11.5 Å². The summed E-state index contributed by atoms with van der Waals surface area (Å²) in [7, 11) is 0. The number of fused-ring (bicyclic) bond motifs is 1. The molecule has 1 aromatic carbocycles. The number of thiocarbonyl (C=S) groups is 1. The molecule has 0 aliphatic carbocycles. The molecule has 1 N–H and O–H groups in total. The second-order valence-electron chi connectivity index (χ2n) is 5.08. The van der Waals surface area contributed by atoms with Crippen molar-refractivity contribution in [1.82, 2.24) is 15.3 Å². The zero-order chi connectivity index (χ0) is 17.2. The minimum absolute atomic E-state index is 0.0313. The van der Waals surface area contributed by atoms with Crippen molar-refractivity contribution in [3.8, 4) is 0 Å². The summed E-state index contributed by atoms with van der Waals surface area (Å²) < 4.78 is 39.0. The van der Waals surface area contributed by atoms with Gasteiger partial charge >= 0.3 is 6.18 Å². The van der Waals surface area contributed by atoms with Gasteiger partial charge in [0.05, 0.1) is 11.3 Å². The first-order chi connectivity index (χ1) is 11.4. The molecule has 7 heteroatoms. The van der Waals surface area contributed by atoms with E-state index in [2.05, 4.69) is 15.3 Å².